The molecule has 1 aromatic rings. The summed E-state index contributed by atoms with van der Waals surface area (Å²) in [5.41, 5.74) is 2.57. The van der Waals surface area contributed by atoms with E-state index in [0.29, 0.717) is 18.8 Å². The van der Waals surface area contributed by atoms with Gasteiger partial charge in [0.05, 0.1) is 13.2 Å². The van der Waals surface area contributed by atoms with Crippen LogP contribution in [0.4, 0.5) is 0 Å². The standard InChI is InChI=1S/C9H12N4O/c10-5-8-7-6-11-2-1-9(7)13(12-8)3-4-14/h11,14H,1-4,6H2. The number of aromatic nitrogens is 2. The number of aliphatic hydroxyl groups excluding tert-OH is 1. The number of rotatable bonds is 2. The monoisotopic (exact) mass is 192 g/mol. The summed E-state index contributed by atoms with van der Waals surface area (Å²) in [5.74, 6) is 0. The molecule has 0 saturated heterocycles. The first-order chi connectivity index (χ1) is 6.86. The van der Waals surface area contributed by atoms with Crippen LogP contribution in [0.2, 0.25) is 0 Å². The van der Waals surface area contributed by atoms with E-state index in [4.69, 9.17) is 10.4 Å². The fraction of sp³-hybridized carbons (Fsp3) is 0.556. The van der Waals surface area contributed by atoms with Crippen molar-refractivity contribution >= 4 is 0 Å². The van der Waals surface area contributed by atoms with Crippen molar-refractivity contribution in [3.05, 3.63) is 17.0 Å². The number of nitrogens with zero attached hydrogens (tertiary/aromatic N) is 3. The second-order valence-corrected chi connectivity index (χ2v) is 3.26. The number of fused-ring (bicyclic) bond motifs is 1. The van der Waals surface area contributed by atoms with E-state index >= 15 is 0 Å². The summed E-state index contributed by atoms with van der Waals surface area (Å²) < 4.78 is 1.74. The zero-order valence-electron chi connectivity index (χ0n) is 7.82. The maximum absolute atomic E-state index is 8.86. The van der Waals surface area contributed by atoms with Crippen LogP contribution in [0.25, 0.3) is 0 Å². The van der Waals surface area contributed by atoms with Gasteiger partial charge < -0.3 is 10.4 Å². The summed E-state index contributed by atoms with van der Waals surface area (Å²) in [4.78, 5) is 0. The molecule has 0 fully saturated rings. The van der Waals surface area contributed by atoms with Gasteiger partial charge in [-0.15, -0.1) is 0 Å². The highest BCUT2D eigenvalue weighted by molar-refractivity contribution is 5.36. The second kappa shape index (κ2) is 3.78. The molecule has 14 heavy (non-hydrogen) atoms. The van der Waals surface area contributed by atoms with Crippen molar-refractivity contribution in [1.29, 1.82) is 5.26 Å². The van der Waals surface area contributed by atoms with Crippen molar-refractivity contribution < 1.29 is 5.11 Å². The molecule has 0 aliphatic carbocycles. The topological polar surface area (TPSA) is 73.9 Å². The Labute approximate surface area is 82.0 Å². The van der Waals surface area contributed by atoms with Crippen molar-refractivity contribution in [2.45, 2.75) is 19.5 Å². The largest absolute Gasteiger partial charge is 0.394 e. The first-order valence-electron chi connectivity index (χ1n) is 4.67. The average molecular weight is 192 g/mol. The maximum atomic E-state index is 8.86. The minimum Gasteiger partial charge on any atom is -0.394 e. The van der Waals surface area contributed by atoms with Crippen molar-refractivity contribution in [3.8, 4) is 6.07 Å². The minimum absolute atomic E-state index is 0.0619. The van der Waals surface area contributed by atoms with Crippen molar-refractivity contribution in [1.82, 2.24) is 15.1 Å². The van der Waals surface area contributed by atoms with Crippen LogP contribution in [0, 0.1) is 11.3 Å². The number of nitrogens with one attached hydrogen (secondary N) is 1. The Balaban J connectivity index is 2.42. The predicted molar refractivity (Wildman–Crippen MR) is 49.4 cm³/mol. The van der Waals surface area contributed by atoms with Crippen molar-refractivity contribution in [3.63, 3.8) is 0 Å². The first-order valence-corrected chi connectivity index (χ1v) is 4.67. The molecule has 2 heterocycles. The van der Waals surface area contributed by atoms with Gasteiger partial charge in [0.15, 0.2) is 5.69 Å². The zero-order chi connectivity index (χ0) is 9.97. The van der Waals surface area contributed by atoms with E-state index in [-0.39, 0.29) is 6.61 Å². The third kappa shape index (κ3) is 1.39. The molecule has 0 spiro atoms. The normalized spacial score (nSPS) is 14.9. The second-order valence-electron chi connectivity index (χ2n) is 3.26. The van der Waals surface area contributed by atoms with Crippen LogP contribution in [0.15, 0.2) is 0 Å². The van der Waals surface area contributed by atoms with E-state index in [2.05, 4.69) is 16.5 Å². The van der Waals surface area contributed by atoms with Gasteiger partial charge >= 0.3 is 0 Å². The highest BCUT2D eigenvalue weighted by Crippen LogP contribution is 2.17. The Kier molecular flexibility index (Phi) is 2.48. The van der Waals surface area contributed by atoms with Gasteiger partial charge in [-0.1, -0.05) is 0 Å². The van der Waals surface area contributed by atoms with Crippen LogP contribution in [0.1, 0.15) is 17.0 Å². The highest BCUT2D eigenvalue weighted by Gasteiger charge is 2.19. The van der Waals surface area contributed by atoms with Crippen molar-refractivity contribution in [2.24, 2.45) is 0 Å². The van der Waals surface area contributed by atoms with Crippen LogP contribution < -0.4 is 5.32 Å². The van der Waals surface area contributed by atoms with Crippen LogP contribution in [-0.4, -0.2) is 28.0 Å². The van der Waals surface area contributed by atoms with Gasteiger partial charge in [0.1, 0.15) is 6.07 Å². The Bertz CT molecular complexity index is 377. The molecule has 2 N–H and O–H groups in total. The molecule has 2 rings (SSSR count). The van der Waals surface area contributed by atoms with Gasteiger partial charge in [-0.25, -0.2) is 0 Å². The summed E-state index contributed by atoms with van der Waals surface area (Å²) in [6, 6.07) is 2.08. The lowest BCUT2D eigenvalue weighted by molar-refractivity contribution is 0.266. The molecule has 1 aliphatic rings. The lowest BCUT2D eigenvalue weighted by Crippen LogP contribution is -2.25. The molecule has 0 saturated carbocycles. The van der Waals surface area contributed by atoms with Gasteiger partial charge in [-0.2, -0.15) is 10.4 Å². The Hall–Kier alpha value is -1.38. The minimum atomic E-state index is 0.0619. The fourth-order valence-corrected chi connectivity index (χ4v) is 1.79. The molecule has 0 bridgehead atoms. The number of aliphatic hydroxyl groups is 1. The SMILES string of the molecule is N#Cc1nn(CCO)c2c1CNCC2. The number of hydrogen-bond donors (Lipinski definition) is 2. The van der Waals surface area contributed by atoms with Crippen LogP contribution in [-0.2, 0) is 19.5 Å². The molecule has 0 atom stereocenters. The summed E-state index contributed by atoms with van der Waals surface area (Å²) >= 11 is 0. The van der Waals surface area contributed by atoms with E-state index in [1.165, 1.54) is 0 Å². The summed E-state index contributed by atoms with van der Waals surface area (Å²) in [6.45, 7) is 2.16. The molecule has 0 amide bonds. The molecule has 5 nitrogen and oxygen atoms in total. The smallest absolute Gasteiger partial charge is 0.167 e. The first kappa shape index (κ1) is 9.19. The Morgan fingerprint density at radius 1 is 1.64 bits per heavy atom. The highest BCUT2D eigenvalue weighted by atomic mass is 16.3. The van der Waals surface area contributed by atoms with Crippen LogP contribution in [0.3, 0.4) is 0 Å². The van der Waals surface area contributed by atoms with Crippen LogP contribution in [0.5, 0.6) is 0 Å². The number of hydrogen-bond acceptors (Lipinski definition) is 4. The van der Waals surface area contributed by atoms with Gasteiger partial charge in [0, 0.05) is 30.8 Å². The van der Waals surface area contributed by atoms with E-state index in [1.807, 2.05) is 0 Å². The Morgan fingerprint density at radius 3 is 3.21 bits per heavy atom. The number of nitriles is 1. The molecule has 1 aromatic heterocycles. The summed E-state index contributed by atoms with van der Waals surface area (Å²) in [5, 5.41) is 25.1. The van der Waals surface area contributed by atoms with E-state index in [0.717, 1.165) is 24.2 Å². The quantitative estimate of drug-likeness (QED) is 0.655. The lowest BCUT2D eigenvalue weighted by atomic mass is 10.1. The van der Waals surface area contributed by atoms with Gasteiger partial charge in [-0.3, -0.25) is 4.68 Å². The van der Waals surface area contributed by atoms with Crippen LogP contribution >= 0.6 is 0 Å². The summed E-state index contributed by atoms with van der Waals surface area (Å²) in [7, 11) is 0. The summed E-state index contributed by atoms with van der Waals surface area (Å²) in [6.07, 6.45) is 0.879. The third-order valence-electron chi connectivity index (χ3n) is 2.42. The molecule has 0 aromatic carbocycles. The molecule has 0 radical (unpaired) electrons. The molecule has 0 unspecified atom stereocenters. The lowest BCUT2D eigenvalue weighted by Gasteiger charge is -2.14. The Morgan fingerprint density at radius 2 is 2.50 bits per heavy atom. The molecule has 74 valence electrons. The predicted octanol–water partition coefficient (Wildman–Crippen LogP) is -0.607. The average Bonchev–Trinajstić information content (AvgIpc) is 2.58. The van der Waals surface area contributed by atoms with Gasteiger partial charge in [0.2, 0.25) is 0 Å². The van der Waals surface area contributed by atoms with E-state index in [9.17, 15) is 0 Å². The molecule has 5 heteroatoms. The third-order valence-corrected chi connectivity index (χ3v) is 2.42. The van der Waals surface area contributed by atoms with E-state index in [1.54, 1.807) is 4.68 Å². The molecular weight excluding hydrogens is 180 g/mol. The maximum Gasteiger partial charge on any atom is 0.167 e. The van der Waals surface area contributed by atoms with Gasteiger partial charge in [0.25, 0.3) is 0 Å². The molecular formula is C9H12N4O. The van der Waals surface area contributed by atoms with Gasteiger partial charge in [-0.05, 0) is 0 Å². The fourth-order valence-electron chi connectivity index (χ4n) is 1.79. The van der Waals surface area contributed by atoms with E-state index < -0.39 is 0 Å². The zero-order valence-corrected chi connectivity index (χ0v) is 7.82. The molecule has 1 aliphatic heterocycles. The van der Waals surface area contributed by atoms with Crippen molar-refractivity contribution in [2.75, 3.05) is 13.2 Å².